The Morgan fingerprint density at radius 1 is 1.12 bits per heavy atom. The molecule has 0 aliphatic carbocycles. The van der Waals surface area contributed by atoms with Crippen LogP contribution in [0.4, 0.5) is 0 Å². The van der Waals surface area contributed by atoms with Crippen molar-refractivity contribution in [3.05, 3.63) is 28.8 Å². The van der Waals surface area contributed by atoms with Crippen molar-refractivity contribution in [2.24, 2.45) is 0 Å². The third-order valence-electron chi connectivity index (χ3n) is 5.64. The number of methoxy groups -OCH3 is 1. The number of fused-ring (bicyclic) bond motifs is 1. The van der Waals surface area contributed by atoms with Crippen molar-refractivity contribution in [3.63, 3.8) is 0 Å². The van der Waals surface area contributed by atoms with Gasteiger partial charge in [0.05, 0.1) is 12.7 Å². The lowest BCUT2D eigenvalue weighted by molar-refractivity contribution is -0.136. The average molecular weight is 357 g/mol. The van der Waals surface area contributed by atoms with Gasteiger partial charge in [0.15, 0.2) is 0 Å². The number of carbonyl (C=O) groups excluding carboxylic acids is 3. The van der Waals surface area contributed by atoms with Crippen LogP contribution in [0.5, 0.6) is 5.75 Å². The lowest BCUT2D eigenvalue weighted by Gasteiger charge is -2.29. The highest BCUT2D eigenvalue weighted by Gasteiger charge is 2.41. The average Bonchev–Trinajstić information content (AvgIpc) is 2.98. The molecule has 3 amide bonds. The Morgan fingerprint density at radius 2 is 1.88 bits per heavy atom. The molecular weight excluding hydrogens is 334 g/mol. The molecule has 4 rings (SSSR count). The number of amides is 3. The lowest BCUT2D eigenvalue weighted by atomic mass is 9.88. The summed E-state index contributed by atoms with van der Waals surface area (Å²) in [6, 6.07) is 3.47. The van der Waals surface area contributed by atoms with Gasteiger partial charge >= 0.3 is 0 Å². The molecule has 1 atom stereocenters. The van der Waals surface area contributed by atoms with Gasteiger partial charge in [0.2, 0.25) is 11.8 Å². The number of piperidine rings is 2. The molecule has 3 aliphatic heterocycles. The van der Waals surface area contributed by atoms with Gasteiger partial charge in [-0.2, -0.15) is 0 Å². The summed E-state index contributed by atoms with van der Waals surface area (Å²) in [5.74, 6) is 0.176. The molecule has 2 N–H and O–H groups in total. The molecule has 1 aromatic carbocycles. The van der Waals surface area contributed by atoms with Crippen molar-refractivity contribution in [2.75, 3.05) is 20.2 Å². The molecule has 7 nitrogen and oxygen atoms in total. The summed E-state index contributed by atoms with van der Waals surface area (Å²) in [5, 5.41) is 5.70. The quantitative estimate of drug-likeness (QED) is 0.786. The number of nitrogens with one attached hydrogen (secondary N) is 2. The standard InChI is InChI=1S/C19H23N3O4/c1-26-15-9-12(11-4-6-20-7-5-11)8-13-10-22(19(25)17(13)15)14-2-3-16(23)21-18(14)24/h8-9,11,14,20H,2-7,10H2,1H3,(H,21,23,24). The van der Waals surface area contributed by atoms with Crippen molar-refractivity contribution in [1.82, 2.24) is 15.5 Å². The summed E-state index contributed by atoms with van der Waals surface area (Å²) >= 11 is 0. The molecule has 7 heteroatoms. The van der Waals surface area contributed by atoms with Crippen LogP contribution in [-0.2, 0) is 16.1 Å². The molecule has 26 heavy (non-hydrogen) atoms. The maximum Gasteiger partial charge on any atom is 0.258 e. The van der Waals surface area contributed by atoms with E-state index in [0.29, 0.717) is 30.2 Å². The van der Waals surface area contributed by atoms with E-state index >= 15 is 0 Å². The molecule has 1 aromatic rings. The van der Waals surface area contributed by atoms with Crippen LogP contribution in [0.2, 0.25) is 0 Å². The first-order valence-corrected chi connectivity index (χ1v) is 9.14. The minimum atomic E-state index is -0.598. The van der Waals surface area contributed by atoms with Crippen molar-refractivity contribution in [1.29, 1.82) is 0 Å². The Labute approximate surface area is 152 Å². The zero-order chi connectivity index (χ0) is 18.3. The first-order valence-electron chi connectivity index (χ1n) is 9.14. The van der Waals surface area contributed by atoms with Gasteiger partial charge in [0, 0.05) is 13.0 Å². The number of ether oxygens (including phenoxy) is 1. The van der Waals surface area contributed by atoms with E-state index in [0.717, 1.165) is 31.5 Å². The Balaban J connectivity index is 1.64. The van der Waals surface area contributed by atoms with E-state index in [1.54, 1.807) is 12.0 Å². The second-order valence-corrected chi connectivity index (χ2v) is 7.18. The number of nitrogens with zero attached hydrogens (tertiary/aromatic N) is 1. The van der Waals surface area contributed by atoms with Crippen LogP contribution < -0.4 is 15.4 Å². The fraction of sp³-hybridized carbons (Fsp3) is 0.526. The Kier molecular flexibility index (Phi) is 4.40. The van der Waals surface area contributed by atoms with Crippen LogP contribution in [0.3, 0.4) is 0 Å². The normalized spacial score (nSPS) is 23.8. The van der Waals surface area contributed by atoms with Gasteiger partial charge in [0.1, 0.15) is 11.8 Å². The molecular formula is C19H23N3O4. The highest BCUT2D eigenvalue weighted by Crippen LogP contribution is 2.38. The highest BCUT2D eigenvalue weighted by molar-refractivity contribution is 6.06. The number of hydrogen-bond donors (Lipinski definition) is 2. The van der Waals surface area contributed by atoms with E-state index in [1.165, 1.54) is 5.56 Å². The second-order valence-electron chi connectivity index (χ2n) is 7.18. The van der Waals surface area contributed by atoms with Gasteiger partial charge in [-0.1, -0.05) is 6.07 Å². The van der Waals surface area contributed by atoms with E-state index in [4.69, 9.17) is 4.74 Å². The van der Waals surface area contributed by atoms with E-state index in [-0.39, 0.29) is 24.1 Å². The summed E-state index contributed by atoms with van der Waals surface area (Å²) in [6.45, 7) is 2.37. The molecule has 2 saturated heterocycles. The molecule has 1 unspecified atom stereocenters. The predicted molar refractivity (Wildman–Crippen MR) is 93.9 cm³/mol. The smallest absolute Gasteiger partial charge is 0.258 e. The molecule has 3 aliphatic rings. The number of carbonyl (C=O) groups is 3. The zero-order valence-corrected chi connectivity index (χ0v) is 14.8. The Bertz CT molecular complexity index is 770. The monoisotopic (exact) mass is 357 g/mol. The van der Waals surface area contributed by atoms with Gasteiger partial charge in [-0.05, 0) is 55.5 Å². The minimum Gasteiger partial charge on any atom is -0.496 e. The third-order valence-corrected chi connectivity index (χ3v) is 5.64. The first-order chi connectivity index (χ1) is 12.6. The number of hydrogen-bond acceptors (Lipinski definition) is 5. The Hall–Kier alpha value is -2.41. The summed E-state index contributed by atoms with van der Waals surface area (Å²) < 4.78 is 5.52. The van der Waals surface area contributed by atoms with E-state index in [9.17, 15) is 14.4 Å². The fourth-order valence-corrected chi connectivity index (χ4v) is 4.25. The van der Waals surface area contributed by atoms with Crippen LogP contribution in [0.25, 0.3) is 0 Å². The van der Waals surface area contributed by atoms with Crippen LogP contribution in [0.1, 0.15) is 53.1 Å². The maximum atomic E-state index is 13.0. The van der Waals surface area contributed by atoms with Gasteiger partial charge in [-0.3, -0.25) is 19.7 Å². The number of imide groups is 1. The predicted octanol–water partition coefficient (Wildman–Crippen LogP) is 0.923. The summed E-state index contributed by atoms with van der Waals surface area (Å²) in [6.07, 6.45) is 2.75. The highest BCUT2D eigenvalue weighted by atomic mass is 16.5. The SMILES string of the molecule is COc1cc(C2CCNCC2)cc2c1C(=O)N(C1CCC(=O)NC1=O)C2. The van der Waals surface area contributed by atoms with Crippen LogP contribution in [-0.4, -0.2) is 48.9 Å². The minimum absolute atomic E-state index is 0.191. The van der Waals surface area contributed by atoms with Gasteiger partial charge in [0.25, 0.3) is 5.91 Å². The molecule has 0 bridgehead atoms. The van der Waals surface area contributed by atoms with Crippen LogP contribution >= 0.6 is 0 Å². The lowest BCUT2D eigenvalue weighted by Crippen LogP contribution is -2.52. The van der Waals surface area contributed by atoms with Crippen LogP contribution in [0, 0.1) is 0 Å². The van der Waals surface area contributed by atoms with Gasteiger partial charge in [-0.15, -0.1) is 0 Å². The molecule has 0 aromatic heterocycles. The Morgan fingerprint density at radius 3 is 2.58 bits per heavy atom. The summed E-state index contributed by atoms with van der Waals surface area (Å²) in [7, 11) is 1.57. The van der Waals surface area contributed by atoms with E-state index in [1.807, 2.05) is 6.07 Å². The number of rotatable bonds is 3. The summed E-state index contributed by atoms with van der Waals surface area (Å²) in [5.41, 5.74) is 2.66. The topological polar surface area (TPSA) is 87.7 Å². The van der Waals surface area contributed by atoms with Crippen molar-refractivity contribution < 1.29 is 19.1 Å². The second kappa shape index (κ2) is 6.72. The first kappa shape index (κ1) is 17.0. The molecule has 0 spiro atoms. The van der Waals surface area contributed by atoms with Gasteiger partial charge in [-0.25, -0.2) is 0 Å². The molecule has 3 heterocycles. The molecule has 0 radical (unpaired) electrons. The third kappa shape index (κ3) is 2.86. The van der Waals surface area contributed by atoms with E-state index in [2.05, 4.69) is 16.7 Å². The maximum absolute atomic E-state index is 13.0. The van der Waals surface area contributed by atoms with Gasteiger partial charge < -0.3 is 15.0 Å². The summed E-state index contributed by atoms with van der Waals surface area (Å²) in [4.78, 5) is 38.1. The van der Waals surface area contributed by atoms with Crippen LogP contribution in [0.15, 0.2) is 12.1 Å². The molecule has 138 valence electrons. The number of benzene rings is 1. The van der Waals surface area contributed by atoms with Crippen molar-refractivity contribution in [3.8, 4) is 5.75 Å². The molecule has 0 saturated carbocycles. The largest absolute Gasteiger partial charge is 0.496 e. The zero-order valence-electron chi connectivity index (χ0n) is 14.8. The van der Waals surface area contributed by atoms with Crippen molar-refractivity contribution >= 4 is 17.7 Å². The van der Waals surface area contributed by atoms with Crippen molar-refractivity contribution in [2.45, 2.75) is 44.2 Å². The fourth-order valence-electron chi connectivity index (χ4n) is 4.25. The molecule has 2 fully saturated rings. The van der Waals surface area contributed by atoms with E-state index < -0.39 is 6.04 Å².